The van der Waals surface area contributed by atoms with Crippen molar-refractivity contribution in [3.63, 3.8) is 0 Å². The number of aromatic nitrogens is 1. The molecule has 2 aromatic heterocycles. The molecular weight excluding hydrogens is 402 g/mol. The van der Waals surface area contributed by atoms with Gasteiger partial charge in [-0.25, -0.2) is 8.42 Å². The van der Waals surface area contributed by atoms with Crippen molar-refractivity contribution in [2.45, 2.75) is 32.6 Å². The molecule has 30 heavy (non-hydrogen) atoms. The van der Waals surface area contributed by atoms with E-state index in [1.807, 2.05) is 38.1 Å². The van der Waals surface area contributed by atoms with Gasteiger partial charge in [-0.15, -0.1) is 0 Å². The van der Waals surface area contributed by atoms with Crippen LogP contribution in [0.4, 0.5) is 5.82 Å². The molecule has 1 N–H and O–H groups in total. The minimum atomic E-state index is -3.49. The summed E-state index contributed by atoms with van der Waals surface area (Å²) in [7, 11) is -0.424. The van der Waals surface area contributed by atoms with E-state index in [4.69, 9.17) is 4.42 Å². The highest BCUT2D eigenvalue weighted by molar-refractivity contribution is 7.92. The molecule has 4 rings (SSSR count). The predicted molar refractivity (Wildman–Crippen MR) is 118 cm³/mol. The number of carbonyl (C=O) groups excluding carboxylic acids is 1. The molecule has 8 heteroatoms. The van der Waals surface area contributed by atoms with Crippen LogP contribution in [-0.4, -0.2) is 39.7 Å². The fourth-order valence-corrected chi connectivity index (χ4v) is 4.20. The summed E-state index contributed by atoms with van der Waals surface area (Å²) >= 11 is 0. The Balaban J connectivity index is 2.03. The van der Waals surface area contributed by atoms with Gasteiger partial charge in [0.1, 0.15) is 5.82 Å². The molecule has 1 aromatic carbocycles. The first-order valence-corrected chi connectivity index (χ1v) is 11.7. The van der Waals surface area contributed by atoms with Crippen molar-refractivity contribution in [1.82, 2.24) is 10.3 Å². The quantitative estimate of drug-likeness (QED) is 0.670. The second-order valence-corrected chi connectivity index (χ2v) is 9.98. The second-order valence-electron chi connectivity index (χ2n) is 7.96. The third kappa shape index (κ3) is 3.45. The Morgan fingerprint density at radius 1 is 1.23 bits per heavy atom. The number of nitrogens with zero attached hydrogens (tertiary/aromatic N) is 2. The van der Waals surface area contributed by atoms with Crippen molar-refractivity contribution < 1.29 is 17.6 Å². The zero-order valence-corrected chi connectivity index (χ0v) is 18.6. The molecule has 1 aliphatic carbocycles. The zero-order valence-electron chi connectivity index (χ0n) is 17.7. The van der Waals surface area contributed by atoms with E-state index in [9.17, 15) is 13.2 Å². The summed E-state index contributed by atoms with van der Waals surface area (Å²) in [5.41, 5.74) is 4.40. The summed E-state index contributed by atoms with van der Waals surface area (Å²) < 4.78 is 31.6. The maximum absolute atomic E-state index is 12.8. The molecule has 0 spiro atoms. The number of amides is 1. The molecule has 2 heterocycles. The number of hydrogen-bond donors (Lipinski definition) is 1. The van der Waals surface area contributed by atoms with E-state index in [0.717, 1.165) is 41.4 Å². The van der Waals surface area contributed by atoms with Gasteiger partial charge in [-0.05, 0) is 49.8 Å². The number of benzene rings is 1. The summed E-state index contributed by atoms with van der Waals surface area (Å²) in [5.74, 6) is 0.765. The number of nitrogens with one attached hydrogen (secondary N) is 1. The fourth-order valence-electron chi connectivity index (χ4n) is 3.74. The Kier molecular flexibility index (Phi) is 4.85. The Bertz CT molecular complexity index is 1270. The standard InChI is InChI=1S/C22H25N3O4S/c1-12-6-9-15(13(2)10-12)19-18(21(26)23-3)17-11-16(14-7-8-14)20(24-22(17)29-19)25(4)30(5,27)28/h6,9-11,14H,7-8H2,1-5H3,(H,23,26). The zero-order chi connectivity index (χ0) is 21.8. The lowest BCUT2D eigenvalue weighted by atomic mass is 9.99. The van der Waals surface area contributed by atoms with Crippen LogP contribution in [0, 0.1) is 13.8 Å². The summed E-state index contributed by atoms with van der Waals surface area (Å²) in [5, 5.41) is 3.29. The van der Waals surface area contributed by atoms with Gasteiger partial charge < -0.3 is 9.73 Å². The molecule has 1 fully saturated rings. The number of fused-ring (bicyclic) bond motifs is 1. The van der Waals surface area contributed by atoms with Crippen LogP contribution < -0.4 is 9.62 Å². The first-order valence-electron chi connectivity index (χ1n) is 9.83. The van der Waals surface area contributed by atoms with Crippen LogP contribution in [0.1, 0.15) is 45.8 Å². The average Bonchev–Trinajstić information content (AvgIpc) is 3.46. The van der Waals surface area contributed by atoms with Crippen molar-refractivity contribution in [3.05, 3.63) is 46.5 Å². The van der Waals surface area contributed by atoms with Gasteiger partial charge >= 0.3 is 0 Å². The number of rotatable bonds is 5. The van der Waals surface area contributed by atoms with Gasteiger partial charge in [-0.3, -0.25) is 9.10 Å². The SMILES string of the molecule is CNC(=O)c1c(-c2ccc(C)cc2C)oc2nc(N(C)S(C)(=O)=O)c(C3CC3)cc12. The number of hydrogen-bond acceptors (Lipinski definition) is 5. The van der Waals surface area contributed by atoms with Crippen molar-refractivity contribution in [2.75, 3.05) is 24.7 Å². The summed E-state index contributed by atoms with van der Waals surface area (Å²) in [6.45, 7) is 3.97. The first kappa shape index (κ1) is 20.4. The third-order valence-electron chi connectivity index (χ3n) is 5.58. The van der Waals surface area contributed by atoms with Gasteiger partial charge in [0.05, 0.1) is 17.2 Å². The molecule has 158 valence electrons. The Morgan fingerprint density at radius 3 is 2.50 bits per heavy atom. The molecule has 0 bridgehead atoms. The van der Waals surface area contributed by atoms with Crippen LogP contribution in [0.3, 0.4) is 0 Å². The average molecular weight is 428 g/mol. The normalized spacial score (nSPS) is 14.2. The summed E-state index contributed by atoms with van der Waals surface area (Å²) in [6, 6.07) is 7.80. The van der Waals surface area contributed by atoms with E-state index < -0.39 is 10.0 Å². The molecule has 3 aromatic rings. The van der Waals surface area contributed by atoms with Crippen LogP contribution in [0.2, 0.25) is 0 Å². The highest BCUT2D eigenvalue weighted by atomic mass is 32.2. The van der Waals surface area contributed by atoms with E-state index in [0.29, 0.717) is 22.5 Å². The van der Waals surface area contributed by atoms with Crippen LogP contribution in [0.25, 0.3) is 22.4 Å². The largest absolute Gasteiger partial charge is 0.437 e. The lowest BCUT2D eigenvalue weighted by Gasteiger charge is -2.18. The van der Waals surface area contributed by atoms with E-state index in [1.54, 1.807) is 7.05 Å². The summed E-state index contributed by atoms with van der Waals surface area (Å²) in [4.78, 5) is 17.4. The molecule has 0 unspecified atom stereocenters. The fraction of sp³-hybridized carbons (Fsp3) is 0.364. The van der Waals surface area contributed by atoms with Crippen LogP contribution in [0.15, 0.2) is 28.7 Å². The lowest BCUT2D eigenvalue weighted by molar-refractivity contribution is 0.0964. The molecule has 0 saturated heterocycles. The van der Waals surface area contributed by atoms with Gasteiger partial charge in [0.2, 0.25) is 15.7 Å². The van der Waals surface area contributed by atoms with Crippen LogP contribution >= 0.6 is 0 Å². The van der Waals surface area contributed by atoms with E-state index in [2.05, 4.69) is 10.3 Å². The molecule has 1 aliphatic rings. The van der Waals surface area contributed by atoms with E-state index in [1.165, 1.54) is 11.4 Å². The Hall–Kier alpha value is -2.87. The maximum atomic E-state index is 12.8. The topological polar surface area (TPSA) is 92.5 Å². The first-order chi connectivity index (χ1) is 14.1. The van der Waals surface area contributed by atoms with Crippen LogP contribution in [-0.2, 0) is 10.0 Å². The van der Waals surface area contributed by atoms with Crippen LogP contribution in [0.5, 0.6) is 0 Å². The molecule has 0 aliphatic heterocycles. The lowest BCUT2D eigenvalue weighted by Crippen LogP contribution is -2.27. The van der Waals surface area contributed by atoms with Gasteiger partial charge in [0, 0.05) is 19.7 Å². The molecule has 1 saturated carbocycles. The molecule has 7 nitrogen and oxygen atoms in total. The number of pyridine rings is 1. The smallest absolute Gasteiger partial charge is 0.255 e. The highest BCUT2D eigenvalue weighted by Gasteiger charge is 2.33. The second kappa shape index (κ2) is 7.12. The number of furan rings is 1. The molecule has 1 amide bonds. The Labute approximate surface area is 176 Å². The van der Waals surface area contributed by atoms with Crippen molar-refractivity contribution >= 4 is 32.8 Å². The van der Waals surface area contributed by atoms with Crippen molar-refractivity contribution in [2.24, 2.45) is 0 Å². The predicted octanol–water partition coefficient (Wildman–Crippen LogP) is 3.74. The van der Waals surface area contributed by atoms with Gasteiger partial charge in [-0.1, -0.05) is 23.8 Å². The van der Waals surface area contributed by atoms with Gasteiger partial charge in [-0.2, -0.15) is 4.98 Å². The maximum Gasteiger partial charge on any atom is 0.255 e. The highest BCUT2D eigenvalue weighted by Crippen LogP contribution is 2.46. The van der Waals surface area contributed by atoms with Gasteiger partial charge in [0.15, 0.2) is 5.76 Å². The van der Waals surface area contributed by atoms with E-state index >= 15 is 0 Å². The third-order valence-corrected chi connectivity index (χ3v) is 6.75. The van der Waals surface area contributed by atoms with E-state index in [-0.39, 0.29) is 17.5 Å². The number of aryl methyl sites for hydroxylation is 2. The van der Waals surface area contributed by atoms with Crippen molar-refractivity contribution in [1.29, 1.82) is 0 Å². The van der Waals surface area contributed by atoms with Gasteiger partial charge in [0.25, 0.3) is 5.91 Å². The summed E-state index contributed by atoms with van der Waals surface area (Å²) in [6.07, 6.45) is 3.08. The monoisotopic (exact) mass is 427 g/mol. The van der Waals surface area contributed by atoms with Crippen molar-refractivity contribution in [3.8, 4) is 11.3 Å². The number of sulfonamides is 1. The molecule has 0 radical (unpaired) electrons. The minimum absolute atomic E-state index is 0.234. The number of anilines is 1. The minimum Gasteiger partial charge on any atom is -0.437 e. The Morgan fingerprint density at radius 2 is 1.93 bits per heavy atom. The number of carbonyl (C=O) groups is 1. The molecule has 0 atom stereocenters. The molecular formula is C22H25N3O4S.